The second-order valence-corrected chi connectivity index (χ2v) is 8.37. The van der Waals surface area contributed by atoms with Crippen LogP contribution in [0.25, 0.3) is 32.8 Å². The van der Waals surface area contributed by atoms with Gasteiger partial charge in [-0.3, -0.25) is 9.13 Å². The van der Waals surface area contributed by atoms with Gasteiger partial charge in [-0.25, -0.2) is 9.59 Å². The average molecular weight is 630 g/mol. The molecule has 0 aliphatic rings. The van der Waals surface area contributed by atoms with Crippen molar-refractivity contribution in [2.24, 2.45) is 0 Å². The van der Waals surface area contributed by atoms with Crippen molar-refractivity contribution in [2.45, 2.75) is 13.3 Å². The van der Waals surface area contributed by atoms with Crippen LogP contribution in [0.2, 0.25) is 0 Å². The molecule has 0 atom stereocenters. The van der Waals surface area contributed by atoms with E-state index >= 15 is 0 Å². The Balaban J connectivity index is 0.000000195. The summed E-state index contributed by atoms with van der Waals surface area (Å²) in [6, 6.07) is 33.7. The fourth-order valence-electron chi connectivity index (χ4n) is 3.67. The Kier molecular flexibility index (Phi) is 11.5. The van der Waals surface area contributed by atoms with Crippen molar-refractivity contribution in [2.75, 3.05) is 0 Å². The first-order valence-electron chi connectivity index (χ1n) is 12.4. The molecule has 0 unspecified atom stereocenters. The Morgan fingerprint density at radius 1 is 0.558 bits per heavy atom. The van der Waals surface area contributed by atoms with Gasteiger partial charge in [0.15, 0.2) is 11.2 Å². The van der Waals surface area contributed by atoms with Gasteiger partial charge < -0.3 is 39.3 Å². The third kappa shape index (κ3) is 8.73. The van der Waals surface area contributed by atoms with Gasteiger partial charge in [-0.15, -0.1) is 11.4 Å². The van der Waals surface area contributed by atoms with E-state index in [1.165, 1.54) is 9.13 Å². The maximum atomic E-state index is 11.7. The van der Waals surface area contributed by atoms with Gasteiger partial charge in [0.25, 0.3) is 0 Å². The van der Waals surface area contributed by atoms with E-state index in [2.05, 4.69) is 10.6 Å². The van der Waals surface area contributed by atoms with Gasteiger partial charge in [0.2, 0.25) is 0 Å². The number of fused-ring (bicyclic) bond motifs is 2. The maximum Gasteiger partial charge on any atom is 2.00 e. The van der Waals surface area contributed by atoms with E-state index in [9.17, 15) is 9.59 Å². The van der Waals surface area contributed by atoms with Crippen LogP contribution in [0.3, 0.4) is 0 Å². The molecule has 6 rings (SSSR count). The summed E-state index contributed by atoms with van der Waals surface area (Å²) in [5.41, 5.74) is 4.39. The number of carbonyl (C=O) groups is 2. The van der Waals surface area contributed by atoms with Crippen molar-refractivity contribution in [1.82, 2.24) is 9.13 Å². The largest absolute Gasteiger partial charge is 2.00 e. The van der Waals surface area contributed by atoms with Crippen molar-refractivity contribution in [3.05, 3.63) is 141 Å². The number of hydrogen-bond donors (Lipinski definition) is 0. The fourth-order valence-corrected chi connectivity index (χ4v) is 3.67. The molecular weight excluding hydrogens is 608 g/mol. The quantitative estimate of drug-likeness (QED) is 0.199. The third-order valence-electron chi connectivity index (χ3n) is 5.62. The molecule has 0 bridgehead atoms. The summed E-state index contributed by atoms with van der Waals surface area (Å²) in [6.45, 7) is 0.527. The summed E-state index contributed by atoms with van der Waals surface area (Å²) in [5, 5.41) is 26.6. The molecule has 43 heavy (non-hydrogen) atoms. The number of para-hydroxylation sites is 6. The second-order valence-electron chi connectivity index (χ2n) is 8.37. The Bertz CT molecular complexity index is 1760. The number of carbonyl (C=O) groups excluding carboxylic acids is 2. The molecule has 4 aromatic carbocycles. The van der Waals surface area contributed by atoms with Crippen LogP contribution in [0, 0.1) is 0 Å². The fraction of sp³-hybridized carbons (Fsp3) is 0.0667. The number of carboxylic acid groups (broad SMARTS) is 2. The zero-order valence-electron chi connectivity index (χ0n) is 22.2. The summed E-state index contributed by atoms with van der Waals surface area (Å²) in [4.78, 5) is 41.2. The van der Waals surface area contributed by atoms with E-state index in [0.29, 0.717) is 11.2 Å². The van der Waals surface area contributed by atoms with Crippen molar-refractivity contribution in [3.8, 4) is 0 Å². The van der Waals surface area contributed by atoms with Gasteiger partial charge in [0.05, 0.1) is 23.0 Å². The molecule has 0 N–H and O–H groups in total. The van der Waals surface area contributed by atoms with Crippen LogP contribution in [0.4, 0.5) is 11.4 Å². The van der Waals surface area contributed by atoms with Crippen LogP contribution in [-0.4, -0.2) is 21.1 Å². The van der Waals surface area contributed by atoms with E-state index < -0.39 is 11.9 Å². The molecule has 6 aromatic rings. The first-order chi connectivity index (χ1) is 20.3. The topological polar surface area (TPSA) is 179 Å². The third-order valence-corrected chi connectivity index (χ3v) is 5.62. The number of rotatable bonds is 6. The van der Waals surface area contributed by atoms with E-state index in [1.807, 2.05) is 97.1 Å². The van der Waals surface area contributed by atoms with Gasteiger partial charge in [0.1, 0.15) is 0 Å². The summed E-state index contributed by atoms with van der Waals surface area (Å²) in [7, 11) is 0. The number of aromatic nitrogens is 2. The Morgan fingerprint density at radius 2 is 0.884 bits per heavy atom. The molecule has 2 aromatic heterocycles. The van der Waals surface area contributed by atoms with Gasteiger partial charge in [-0.05, 0) is 37.6 Å². The van der Waals surface area contributed by atoms with Crippen LogP contribution < -0.4 is 21.7 Å². The Hall–Kier alpha value is -5.52. The number of hydrogen-bond acceptors (Lipinski definition) is 8. The first kappa shape index (κ1) is 32.0. The molecule has 0 spiro atoms. The van der Waals surface area contributed by atoms with Gasteiger partial charge in [0, 0.05) is 0 Å². The number of oxazole rings is 2. The van der Waals surface area contributed by atoms with Crippen LogP contribution in [-0.2, 0) is 40.0 Å². The van der Waals surface area contributed by atoms with Crippen LogP contribution in [0.1, 0.15) is 0 Å². The Labute approximate surface area is 254 Å². The molecular formula is C30H22CuN4O8-2. The molecule has 13 heteroatoms. The van der Waals surface area contributed by atoms with E-state index in [-0.39, 0.29) is 41.9 Å². The molecule has 2 heterocycles. The minimum Gasteiger partial charge on any atom is -0.667 e. The normalized spacial score (nSPS) is 9.95. The first-order valence-corrected chi connectivity index (χ1v) is 12.4. The van der Waals surface area contributed by atoms with E-state index in [1.54, 1.807) is 12.1 Å². The van der Waals surface area contributed by atoms with E-state index in [0.717, 1.165) is 22.4 Å². The molecule has 0 saturated carbocycles. The van der Waals surface area contributed by atoms with Crippen LogP contribution >= 0.6 is 0 Å². The van der Waals surface area contributed by atoms with Gasteiger partial charge in [-0.2, -0.15) is 0 Å². The molecule has 223 valence electrons. The molecule has 0 aliphatic heterocycles. The summed E-state index contributed by atoms with van der Waals surface area (Å²) < 4.78 is 13.3. The van der Waals surface area contributed by atoms with Gasteiger partial charge >= 0.3 is 28.6 Å². The summed E-state index contributed by atoms with van der Waals surface area (Å²) in [6.07, 6.45) is 0. The van der Waals surface area contributed by atoms with Crippen molar-refractivity contribution in [1.29, 1.82) is 0 Å². The molecule has 0 amide bonds. The summed E-state index contributed by atoms with van der Waals surface area (Å²) in [5.74, 6) is -5.13. The van der Waals surface area contributed by atoms with E-state index in [4.69, 9.17) is 28.6 Å². The van der Waals surface area contributed by atoms with Crippen molar-refractivity contribution < 1.29 is 45.7 Å². The molecule has 0 fully saturated rings. The number of carboxylic acids is 2. The minimum absolute atomic E-state index is 0. The number of aliphatic carboxylic acids is 2. The minimum atomic E-state index is -2.19. The van der Waals surface area contributed by atoms with Crippen molar-refractivity contribution >= 4 is 45.5 Å². The average Bonchev–Trinajstić information content (AvgIpc) is 3.51. The maximum absolute atomic E-state index is 11.7. The zero-order valence-corrected chi connectivity index (χ0v) is 23.1. The summed E-state index contributed by atoms with van der Waals surface area (Å²) >= 11 is 0. The standard InChI is InChI=1S/2C14H11N2O2.C2H2O4.Cu/c2*17-14-16(10-15-11-6-2-1-3-7-11)12-8-4-5-9-13(12)18-14;3-1(4)2(5)6;/h2*1-9H,10H2;(H,3,4)(H,5,6);/q2*-1;;+2/p-2. The monoisotopic (exact) mass is 629 g/mol. The van der Waals surface area contributed by atoms with Crippen molar-refractivity contribution in [3.63, 3.8) is 0 Å². The van der Waals surface area contributed by atoms with Gasteiger partial charge in [-0.1, -0.05) is 84.9 Å². The predicted molar refractivity (Wildman–Crippen MR) is 150 cm³/mol. The van der Waals surface area contributed by atoms with Crippen LogP contribution in [0.5, 0.6) is 0 Å². The smallest absolute Gasteiger partial charge is 0.667 e. The number of benzene rings is 4. The predicted octanol–water partition coefficient (Wildman–Crippen LogP) is 3.00. The zero-order chi connectivity index (χ0) is 29.9. The second kappa shape index (κ2) is 15.5. The Morgan fingerprint density at radius 3 is 1.23 bits per heavy atom. The molecule has 1 radical (unpaired) electrons. The SMILES string of the molecule is O=C([O-])C(=O)[O-].O=c1oc2ccccc2n1C[N-]c1ccccc1.O=c1oc2ccccc2n1C[N-]c1ccccc1.[Cu+2]. The number of nitrogens with zero attached hydrogens (tertiary/aromatic N) is 4. The van der Waals surface area contributed by atoms with Crippen LogP contribution in [0.15, 0.2) is 128 Å². The molecule has 12 nitrogen and oxygen atoms in total. The molecule has 0 saturated heterocycles. The molecule has 0 aliphatic carbocycles.